The first-order valence-electron chi connectivity index (χ1n) is 7.14. The third-order valence-corrected chi connectivity index (χ3v) is 3.01. The van der Waals surface area contributed by atoms with E-state index in [9.17, 15) is 4.79 Å². The first-order valence-corrected chi connectivity index (χ1v) is 7.14. The van der Waals surface area contributed by atoms with Gasteiger partial charge in [0.1, 0.15) is 0 Å². The Bertz CT molecular complexity index is 171. The van der Waals surface area contributed by atoms with Crippen LogP contribution >= 0.6 is 0 Å². The normalized spacial score (nSPS) is 11.0. The number of aliphatic carboxylic acids is 1. The summed E-state index contributed by atoms with van der Waals surface area (Å²) < 4.78 is 0. The van der Waals surface area contributed by atoms with E-state index < -0.39 is 5.97 Å². The molecular formula is C14H29NO2. The minimum Gasteiger partial charge on any atom is -0.480 e. The molecule has 0 aliphatic rings. The molecular weight excluding hydrogens is 214 g/mol. The number of hydrogen-bond donors (Lipinski definition) is 1. The van der Waals surface area contributed by atoms with E-state index >= 15 is 0 Å². The molecule has 0 unspecified atom stereocenters. The molecule has 0 radical (unpaired) electrons. The van der Waals surface area contributed by atoms with E-state index in [-0.39, 0.29) is 6.54 Å². The molecule has 102 valence electrons. The van der Waals surface area contributed by atoms with Crippen LogP contribution in [0.2, 0.25) is 0 Å². The van der Waals surface area contributed by atoms with Gasteiger partial charge in [0.25, 0.3) is 0 Å². The molecule has 0 heterocycles. The molecule has 0 aromatic carbocycles. The molecule has 0 amide bonds. The van der Waals surface area contributed by atoms with E-state index in [0.717, 1.165) is 25.9 Å². The van der Waals surface area contributed by atoms with Gasteiger partial charge in [-0.05, 0) is 25.9 Å². The van der Waals surface area contributed by atoms with Crippen LogP contribution < -0.4 is 0 Å². The largest absolute Gasteiger partial charge is 0.480 e. The Labute approximate surface area is 106 Å². The number of rotatable bonds is 12. The second-order valence-electron chi connectivity index (χ2n) is 4.79. The molecule has 0 aromatic rings. The van der Waals surface area contributed by atoms with Gasteiger partial charge in [0.05, 0.1) is 6.54 Å². The third-order valence-electron chi connectivity index (χ3n) is 3.01. The molecule has 0 fully saturated rings. The van der Waals surface area contributed by atoms with Gasteiger partial charge < -0.3 is 5.11 Å². The molecule has 0 bridgehead atoms. The summed E-state index contributed by atoms with van der Waals surface area (Å²) >= 11 is 0. The summed E-state index contributed by atoms with van der Waals surface area (Å²) in [6.07, 6.45) is 9.70. The summed E-state index contributed by atoms with van der Waals surface area (Å²) in [5.74, 6) is -0.698. The van der Waals surface area contributed by atoms with Crippen LogP contribution in [0.25, 0.3) is 0 Å². The standard InChI is InChI=1S/C14H29NO2/c1-3-5-7-9-11-15(13-14(16)17)12-10-8-6-4-2/h3-13H2,1-2H3,(H,16,17). The van der Waals surface area contributed by atoms with Crippen LogP contribution in [0, 0.1) is 0 Å². The fraction of sp³-hybridized carbons (Fsp3) is 0.929. The molecule has 0 rings (SSSR count). The molecule has 3 heteroatoms. The van der Waals surface area contributed by atoms with Crippen LogP contribution in [0.3, 0.4) is 0 Å². The summed E-state index contributed by atoms with van der Waals surface area (Å²) in [6, 6.07) is 0. The highest BCUT2D eigenvalue weighted by atomic mass is 16.4. The quantitative estimate of drug-likeness (QED) is 0.533. The zero-order chi connectivity index (χ0) is 12.9. The van der Waals surface area contributed by atoms with Crippen molar-refractivity contribution >= 4 is 5.97 Å². The number of carboxylic acids is 1. The van der Waals surface area contributed by atoms with Crippen LogP contribution in [-0.2, 0) is 4.79 Å². The highest BCUT2D eigenvalue weighted by Gasteiger charge is 2.08. The van der Waals surface area contributed by atoms with E-state index in [0.29, 0.717) is 0 Å². The number of nitrogens with zero attached hydrogens (tertiary/aromatic N) is 1. The lowest BCUT2D eigenvalue weighted by Gasteiger charge is -2.20. The lowest BCUT2D eigenvalue weighted by atomic mass is 10.1. The van der Waals surface area contributed by atoms with Crippen LogP contribution in [0.4, 0.5) is 0 Å². The second kappa shape index (κ2) is 11.9. The molecule has 3 nitrogen and oxygen atoms in total. The molecule has 0 aliphatic heterocycles. The molecule has 17 heavy (non-hydrogen) atoms. The van der Waals surface area contributed by atoms with Gasteiger partial charge in [-0.3, -0.25) is 9.69 Å². The van der Waals surface area contributed by atoms with Gasteiger partial charge in [0.2, 0.25) is 0 Å². The summed E-state index contributed by atoms with van der Waals surface area (Å²) in [7, 11) is 0. The molecule has 0 aliphatic carbocycles. The zero-order valence-corrected chi connectivity index (χ0v) is 11.6. The summed E-state index contributed by atoms with van der Waals surface area (Å²) in [4.78, 5) is 12.8. The van der Waals surface area contributed by atoms with Crippen molar-refractivity contribution in [2.45, 2.75) is 65.2 Å². The Hall–Kier alpha value is -0.570. The molecule has 0 atom stereocenters. The van der Waals surface area contributed by atoms with E-state index in [1.807, 2.05) is 0 Å². The summed E-state index contributed by atoms with van der Waals surface area (Å²) in [5.41, 5.74) is 0. The van der Waals surface area contributed by atoms with Gasteiger partial charge >= 0.3 is 5.97 Å². The SMILES string of the molecule is CCCCCCN(CCCCCC)CC(=O)O. The van der Waals surface area contributed by atoms with E-state index in [1.165, 1.54) is 38.5 Å². The highest BCUT2D eigenvalue weighted by molar-refractivity contribution is 5.69. The van der Waals surface area contributed by atoms with Crippen LogP contribution in [0.5, 0.6) is 0 Å². The number of unbranched alkanes of at least 4 members (excludes halogenated alkanes) is 6. The maximum absolute atomic E-state index is 10.7. The Morgan fingerprint density at radius 3 is 1.71 bits per heavy atom. The van der Waals surface area contributed by atoms with E-state index in [4.69, 9.17) is 5.11 Å². The predicted molar refractivity (Wildman–Crippen MR) is 72.4 cm³/mol. The Balaban J connectivity index is 3.68. The van der Waals surface area contributed by atoms with Gasteiger partial charge in [-0.1, -0.05) is 52.4 Å². The number of carboxylic acid groups (broad SMARTS) is 1. The number of carbonyl (C=O) groups is 1. The summed E-state index contributed by atoms with van der Waals surface area (Å²) in [5, 5.41) is 8.85. The van der Waals surface area contributed by atoms with Gasteiger partial charge in [0, 0.05) is 0 Å². The fourth-order valence-corrected chi connectivity index (χ4v) is 1.99. The van der Waals surface area contributed by atoms with E-state index in [2.05, 4.69) is 18.7 Å². The van der Waals surface area contributed by atoms with Gasteiger partial charge in [-0.2, -0.15) is 0 Å². The van der Waals surface area contributed by atoms with Crippen LogP contribution in [-0.4, -0.2) is 35.6 Å². The van der Waals surface area contributed by atoms with Crippen molar-refractivity contribution < 1.29 is 9.90 Å². The van der Waals surface area contributed by atoms with Crippen molar-refractivity contribution in [2.75, 3.05) is 19.6 Å². The molecule has 1 N–H and O–H groups in total. The van der Waals surface area contributed by atoms with Crippen molar-refractivity contribution in [1.29, 1.82) is 0 Å². The zero-order valence-electron chi connectivity index (χ0n) is 11.6. The Kier molecular flexibility index (Phi) is 11.5. The number of hydrogen-bond acceptors (Lipinski definition) is 2. The Morgan fingerprint density at radius 1 is 0.882 bits per heavy atom. The molecule has 0 spiro atoms. The maximum Gasteiger partial charge on any atom is 0.317 e. The van der Waals surface area contributed by atoms with Crippen molar-refractivity contribution in [1.82, 2.24) is 4.90 Å². The lowest BCUT2D eigenvalue weighted by Crippen LogP contribution is -2.31. The van der Waals surface area contributed by atoms with Crippen molar-refractivity contribution in [3.8, 4) is 0 Å². The molecule has 0 saturated heterocycles. The predicted octanol–water partition coefficient (Wildman–Crippen LogP) is 3.53. The van der Waals surface area contributed by atoms with E-state index in [1.54, 1.807) is 0 Å². The molecule has 0 aromatic heterocycles. The summed E-state index contributed by atoms with van der Waals surface area (Å²) in [6.45, 7) is 6.48. The average molecular weight is 243 g/mol. The second-order valence-corrected chi connectivity index (χ2v) is 4.79. The smallest absolute Gasteiger partial charge is 0.317 e. The topological polar surface area (TPSA) is 40.5 Å². The highest BCUT2D eigenvalue weighted by Crippen LogP contribution is 2.05. The minimum atomic E-state index is -0.698. The maximum atomic E-state index is 10.7. The minimum absolute atomic E-state index is 0.207. The van der Waals surface area contributed by atoms with Crippen molar-refractivity contribution in [3.05, 3.63) is 0 Å². The first kappa shape index (κ1) is 16.4. The van der Waals surface area contributed by atoms with Gasteiger partial charge in [-0.25, -0.2) is 0 Å². The molecule has 0 saturated carbocycles. The fourth-order valence-electron chi connectivity index (χ4n) is 1.99. The van der Waals surface area contributed by atoms with Crippen molar-refractivity contribution in [3.63, 3.8) is 0 Å². The third kappa shape index (κ3) is 11.7. The monoisotopic (exact) mass is 243 g/mol. The van der Waals surface area contributed by atoms with Crippen LogP contribution in [0.15, 0.2) is 0 Å². The lowest BCUT2D eigenvalue weighted by molar-refractivity contribution is -0.138. The van der Waals surface area contributed by atoms with Crippen molar-refractivity contribution in [2.24, 2.45) is 0 Å². The average Bonchev–Trinajstić information content (AvgIpc) is 2.29. The Morgan fingerprint density at radius 2 is 1.35 bits per heavy atom. The first-order chi connectivity index (χ1) is 8.20. The van der Waals surface area contributed by atoms with Gasteiger partial charge in [0.15, 0.2) is 0 Å². The van der Waals surface area contributed by atoms with Gasteiger partial charge in [-0.15, -0.1) is 0 Å². The van der Waals surface area contributed by atoms with Crippen LogP contribution in [0.1, 0.15) is 65.2 Å².